The maximum absolute atomic E-state index is 10.5. The number of halogens is 1. The van der Waals surface area contributed by atoms with Gasteiger partial charge in [-0.25, -0.2) is 9.97 Å². The van der Waals surface area contributed by atoms with Crippen LogP contribution in [0.25, 0.3) is 11.4 Å². The zero-order valence-corrected chi connectivity index (χ0v) is 11.1. The van der Waals surface area contributed by atoms with Gasteiger partial charge in [0.2, 0.25) is 0 Å². The lowest BCUT2D eigenvalue weighted by Gasteiger charge is -2.03. The van der Waals surface area contributed by atoms with Crippen molar-refractivity contribution >= 4 is 21.9 Å². The summed E-state index contributed by atoms with van der Waals surface area (Å²) in [5, 5.41) is 8.60. The monoisotopic (exact) mass is 306 g/mol. The molecule has 1 heterocycles. The Kier molecular flexibility index (Phi) is 4.04. The second kappa shape index (κ2) is 5.73. The van der Waals surface area contributed by atoms with Gasteiger partial charge < -0.3 is 5.11 Å². The van der Waals surface area contributed by atoms with Crippen molar-refractivity contribution in [2.75, 3.05) is 0 Å². The lowest BCUT2D eigenvalue weighted by atomic mass is 10.2. The van der Waals surface area contributed by atoms with Crippen molar-refractivity contribution in [3.63, 3.8) is 0 Å². The van der Waals surface area contributed by atoms with Gasteiger partial charge in [0.1, 0.15) is 0 Å². The normalized spacial score (nSPS) is 10.3. The molecule has 4 nitrogen and oxygen atoms in total. The van der Waals surface area contributed by atoms with Crippen molar-refractivity contribution in [3.8, 4) is 11.4 Å². The molecule has 92 valence electrons. The third kappa shape index (κ3) is 3.13. The molecule has 0 aliphatic carbocycles. The van der Waals surface area contributed by atoms with E-state index in [1.165, 1.54) is 0 Å². The van der Waals surface area contributed by atoms with E-state index in [1.54, 1.807) is 12.4 Å². The molecule has 2 rings (SSSR count). The molecule has 1 N–H and O–H groups in total. The maximum Gasteiger partial charge on any atom is 0.303 e. The second-order valence-electron chi connectivity index (χ2n) is 3.79. The van der Waals surface area contributed by atoms with Gasteiger partial charge in [-0.2, -0.15) is 0 Å². The van der Waals surface area contributed by atoms with Crippen LogP contribution in [-0.2, 0) is 11.2 Å². The molecule has 2 aromatic rings. The Labute approximate surface area is 113 Å². The molecule has 0 bridgehead atoms. The van der Waals surface area contributed by atoms with Gasteiger partial charge in [-0.1, -0.05) is 34.1 Å². The van der Waals surface area contributed by atoms with E-state index in [9.17, 15) is 4.79 Å². The van der Waals surface area contributed by atoms with Gasteiger partial charge in [-0.15, -0.1) is 0 Å². The quantitative estimate of drug-likeness (QED) is 0.943. The number of aliphatic carboxylic acids is 1. The van der Waals surface area contributed by atoms with Crippen LogP contribution in [0.3, 0.4) is 0 Å². The van der Waals surface area contributed by atoms with Crippen LogP contribution in [0.1, 0.15) is 12.0 Å². The summed E-state index contributed by atoms with van der Waals surface area (Å²) in [6, 6.07) is 7.70. The molecule has 0 saturated heterocycles. The number of hydrogen-bond donors (Lipinski definition) is 1. The highest BCUT2D eigenvalue weighted by molar-refractivity contribution is 9.10. The molecule has 18 heavy (non-hydrogen) atoms. The topological polar surface area (TPSA) is 63.1 Å². The number of rotatable bonds is 4. The predicted octanol–water partition coefficient (Wildman–Crippen LogP) is 2.92. The maximum atomic E-state index is 10.5. The minimum atomic E-state index is -0.815. The van der Waals surface area contributed by atoms with E-state index in [2.05, 4.69) is 25.9 Å². The minimum Gasteiger partial charge on any atom is -0.481 e. The van der Waals surface area contributed by atoms with Gasteiger partial charge in [0.15, 0.2) is 5.82 Å². The molecular weight excluding hydrogens is 296 g/mol. The number of aryl methyl sites for hydroxylation is 1. The molecule has 0 amide bonds. The summed E-state index contributed by atoms with van der Waals surface area (Å²) in [7, 11) is 0. The van der Waals surface area contributed by atoms with Crippen LogP contribution in [0, 0.1) is 0 Å². The first-order valence-electron chi connectivity index (χ1n) is 5.44. The van der Waals surface area contributed by atoms with Crippen LogP contribution < -0.4 is 0 Å². The third-order valence-electron chi connectivity index (χ3n) is 2.45. The number of hydrogen-bond acceptors (Lipinski definition) is 3. The molecular formula is C13H11BrN2O2. The lowest BCUT2D eigenvalue weighted by molar-refractivity contribution is -0.136. The molecule has 0 saturated carbocycles. The number of benzene rings is 1. The van der Waals surface area contributed by atoms with Gasteiger partial charge >= 0.3 is 5.97 Å². The summed E-state index contributed by atoms with van der Waals surface area (Å²) in [4.78, 5) is 19.0. The Hall–Kier alpha value is -1.75. The summed E-state index contributed by atoms with van der Waals surface area (Å²) in [6.07, 6.45) is 3.89. The van der Waals surface area contributed by atoms with Gasteiger partial charge in [0.05, 0.1) is 0 Å². The summed E-state index contributed by atoms with van der Waals surface area (Å²) < 4.78 is 0.934. The number of aromatic nitrogens is 2. The van der Waals surface area contributed by atoms with Crippen molar-refractivity contribution in [2.24, 2.45) is 0 Å². The first-order chi connectivity index (χ1) is 8.66. The highest BCUT2D eigenvalue weighted by Crippen LogP contribution is 2.24. The van der Waals surface area contributed by atoms with Crippen LogP contribution in [-0.4, -0.2) is 21.0 Å². The van der Waals surface area contributed by atoms with Crippen molar-refractivity contribution in [2.45, 2.75) is 12.8 Å². The number of carboxylic acids is 1. The average molecular weight is 307 g/mol. The van der Waals surface area contributed by atoms with E-state index >= 15 is 0 Å². The standard InChI is InChI=1S/C13H11BrN2O2/c14-11-4-2-1-3-10(11)13-15-7-9(8-16-13)5-6-12(17)18/h1-4,7-8H,5-6H2,(H,17,18). The fourth-order valence-corrected chi connectivity index (χ4v) is 1.98. The summed E-state index contributed by atoms with van der Waals surface area (Å²) in [5.41, 5.74) is 1.75. The van der Waals surface area contributed by atoms with Gasteiger partial charge in [-0.05, 0) is 18.1 Å². The second-order valence-corrected chi connectivity index (χ2v) is 4.64. The Morgan fingerprint density at radius 1 is 1.22 bits per heavy atom. The first kappa shape index (κ1) is 12.7. The molecule has 1 aromatic carbocycles. The fraction of sp³-hybridized carbons (Fsp3) is 0.154. The molecule has 0 aliphatic heterocycles. The van der Waals surface area contributed by atoms with E-state index in [1.807, 2.05) is 24.3 Å². The van der Waals surface area contributed by atoms with Gasteiger partial charge in [0.25, 0.3) is 0 Å². The molecule has 0 fully saturated rings. The highest BCUT2D eigenvalue weighted by atomic mass is 79.9. The lowest BCUT2D eigenvalue weighted by Crippen LogP contribution is -1.99. The van der Waals surface area contributed by atoms with Crippen molar-refractivity contribution < 1.29 is 9.90 Å². The predicted molar refractivity (Wildman–Crippen MR) is 71.1 cm³/mol. The van der Waals surface area contributed by atoms with Crippen LogP contribution in [0.15, 0.2) is 41.1 Å². The Morgan fingerprint density at radius 2 is 1.89 bits per heavy atom. The van der Waals surface area contributed by atoms with Crippen LogP contribution in [0.5, 0.6) is 0 Å². The van der Waals surface area contributed by atoms with E-state index in [0.29, 0.717) is 12.2 Å². The fourth-order valence-electron chi connectivity index (χ4n) is 1.52. The van der Waals surface area contributed by atoms with Crippen molar-refractivity contribution in [1.29, 1.82) is 0 Å². The average Bonchev–Trinajstić information content (AvgIpc) is 2.38. The first-order valence-corrected chi connectivity index (χ1v) is 6.24. The Balaban J connectivity index is 2.17. The van der Waals surface area contributed by atoms with Crippen LogP contribution >= 0.6 is 15.9 Å². The number of carboxylic acid groups (broad SMARTS) is 1. The van der Waals surface area contributed by atoms with Crippen molar-refractivity contribution in [3.05, 3.63) is 46.7 Å². The minimum absolute atomic E-state index is 0.0950. The highest BCUT2D eigenvalue weighted by Gasteiger charge is 2.05. The summed E-state index contributed by atoms with van der Waals surface area (Å²) in [6.45, 7) is 0. The molecule has 0 spiro atoms. The van der Waals surface area contributed by atoms with Crippen molar-refractivity contribution in [1.82, 2.24) is 9.97 Å². The van der Waals surface area contributed by atoms with E-state index in [4.69, 9.17) is 5.11 Å². The number of nitrogens with zero attached hydrogens (tertiary/aromatic N) is 2. The molecule has 0 unspecified atom stereocenters. The van der Waals surface area contributed by atoms with Crippen LogP contribution in [0.2, 0.25) is 0 Å². The molecule has 1 aromatic heterocycles. The van der Waals surface area contributed by atoms with E-state index in [-0.39, 0.29) is 6.42 Å². The molecule has 5 heteroatoms. The zero-order chi connectivity index (χ0) is 13.0. The third-order valence-corrected chi connectivity index (χ3v) is 3.14. The number of carbonyl (C=O) groups is 1. The molecule has 0 radical (unpaired) electrons. The summed E-state index contributed by atoms with van der Waals surface area (Å²) in [5.74, 6) is -0.188. The van der Waals surface area contributed by atoms with E-state index < -0.39 is 5.97 Å². The largest absolute Gasteiger partial charge is 0.481 e. The van der Waals surface area contributed by atoms with Gasteiger partial charge in [-0.3, -0.25) is 4.79 Å². The van der Waals surface area contributed by atoms with Gasteiger partial charge in [0, 0.05) is 28.9 Å². The molecule has 0 aliphatic rings. The van der Waals surface area contributed by atoms with E-state index in [0.717, 1.165) is 15.6 Å². The zero-order valence-electron chi connectivity index (χ0n) is 9.51. The van der Waals surface area contributed by atoms with Crippen LogP contribution in [0.4, 0.5) is 0 Å². The Morgan fingerprint density at radius 3 is 2.50 bits per heavy atom. The molecule has 0 atom stereocenters. The smallest absolute Gasteiger partial charge is 0.303 e. The SMILES string of the molecule is O=C(O)CCc1cnc(-c2ccccc2Br)nc1. The Bertz CT molecular complexity index is 555. The summed E-state index contributed by atoms with van der Waals surface area (Å²) >= 11 is 3.44.